The summed E-state index contributed by atoms with van der Waals surface area (Å²) in [6, 6.07) is 27.8. The SMILES string of the molecule is COc1ccccc1NC(=S)Nc1ccc(-c2ccc(NC(=S)Nc3ccccc3OC)c(C)c2)cc1C. The van der Waals surface area contributed by atoms with E-state index < -0.39 is 0 Å². The summed E-state index contributed by atoms with van der Waals surface area (Å²) < 4.78 is 10.8. The maximum atomic E-state index is 5.53. The van der Waals surface area contributed by atoms with Crippen molar-refractivity contribution >= 4 is 57.4 Å². The molecule has 6 nitrogen and oxygen atoms in total. The molecule has 0 saturated heterocycles. The minimum atomic E-state index is 0.495. The van der Waals surface area contributed by atoms with Crippen LogP contribution in [0.25, 0.3) is 11.1 Å². The zero-order valence-electron chi connectivity index (χ0n) is 21.7. The van der Waals surface area contributed by atoms with Gasteiger partial charge in [0.1, 0.15) is 11.5 Å². The molecule has 0 radical (unpaired) electrons. The fraction of sp³-hybridized carbons (Fsp3) is 0.133. The second-order valence-electron chi connectivity index (χ2n) is 8.62. The second-order valence-corrected chi connectivity index (χ2v) is 9.43. The average molecular weight is 543 g/mol. The highest BCUT2D eigenvalue weighted by Gasteiger charge is 2.10. The molecule has 0 aromatic heterocycles. The van der Waals surface area contributed by atoms with E-state index in [9.17, 15) is 0 Å². The molecule has 0 spiro atoms. The molecule has 4 aromatic carbocycles. The molecule has 0 aliphatic rings. The fourth-order valence-corrected chi connectivity index (χ4v) is 4.45. The van der Waals surface area contributed by atoms with Gasteiger partial charge < -0.3 is 30.7 Å². The van der Waals surface area contributed by atoms with Gasteiger partial charge in [-0.1, -0.05) is 36.4 Å². The van der Waals surface area contributed by atoms with Crippen molar-refractivity contribution in [2.45, 2.75) is 13.8 Å². The summed E-state index contributed by atoms with van der Waals surface area (Å²) in [6.07, 6.45) is 0. The Morgan fingerprint density at radius 1 is 0.526 bits per heavy atom. The van der Waals surface area contributed by atoms with E-state index in [1.54, 1.807) is 14.2 Å². The lowest BCUT2D eigenvalue weighted by molar-refractivity contribution is 0.417. The maximum Gasteiger partial charge on any atom is 0.175 e. The van der Waals surface area contributed by atoms with Crippen LogP contribution < -0.4 is 30.7 Å². The summed E-state index contributed by atoms with van der Waals surface area (Å²) in [4.78, 5) is 0. The van der Waals surface area contributed by atoms with E-state index >= 15 is 0 Å². The van der Waals surface area contributed by atoms with Gasteiger partial charge in [-0.3, -0.25) is 0 Å². The van der Waals surface area contributed by atoms with E-state index in [4.69, 9.17) is 33.9 Å². The van der Waals surface area contributed by atoms with Crippen LogP contribution in [0.4, 0.5) is 22.7 Å². The quantitative estimate of drug-likeness (QED) is 0.178. The Balaban J connectivity index is 1.42. The van der Waals surface area contributed by atoms with Gasteiger partial charge in [-0.05, 0) is 109 Å². The summed E-state index contributed by atoms with van der Waals surface area (Å²) >= 11 is 11.1. The molecule has 0 heterocycles. The second kappa shape index (κ2) is 12.4. The number of aryl methyl sites for hydroxylation is 2. The Morgan fingerprint density at radius 2 is 0.895 bits per heavy atom. The van der Waals surface area contributed by atoms with Gasteiger partial charge in [0.25, 0.3) is 0 Å². The van der Waals surface area contributed by atoms with Gasteiger partial charge in [-0.2, -0.15) is 0 Å². The molecule has 0 bridgehead atoms. The number of hydrogen-bond donors (Lipinski definition) is 4. The standard InChI is InChI=1S/C30H30N4O2S2/c1-19-17-21(13-15-23(19)31-29(37)33-25-9-5-7-11-27(25)35-3)22-14-16-24(20(2)18-22)32-30(38)34-26-10-6-8-12-28(26)36-4/h5-18H,1-4H3,(H2,31,33,37)(H2,32,34,38). The lowest BCUT2D eigenvalue weighted by Gasteiger charge is -2.16. The first kappa shape index (κ1) is 26.9. The normalized spacial score (nSPS) is 10.3. The molecule has 0 amide bonds. The highest BCUT2D eigenvalue weighted by molar-refractivity contribution is 7.81. The summed E-state index contributed by atoms with van der Waals surface area (Å²) in [5.74, 6) is 1.46. The van der Waals surface area contributed by atoms with Crippen molar-refractivity contribution in [3.8, 4) is 22.6 Å². The third-order valence-electron chi connectivity index (χ3n) is 5.99. The number of hydrogen-bond acceptors (Lipinski definition) is 4. The first-order chi connectivity index (χ1) is 18.4. The molecule has 38 heavy (non-hydrogen) atoms. The van der Waals surface area contributed by atoms with Crippen molar-refractivity contribution in [1.29, 1.82) is 0 Å². The van der Waals surface area contributed by atoms with Gasteiger partial charge in [0.15, 0.2) is 10.2 Å². The van der Waals surface area contributed by atoms with Crippen molar-refractivity contribution in [2.75, 3.05) is 35.5 Å². The number of benzene rings is 4. The average Bonchev–Trinajstić information content (AvgIpc) is 2.91. The van der Waals surface area contributed by atoms with Crippen molar-refractivity contribution in [1.82, 2.24) is 0 Å². The highest BCUT2D eigenvalue weighted by atomic mass is 32.1. The molecule has 4 aromatic rings. The Hall–Kier alpha value is -4.14. The number of nitrogens with one attached hydrogen (secondary N) is 4. The molecule has 0 aliphatic carbocycles. The molecule has 4 N–H and O–H groups in total. The van der Waals surface area contributed by atoms with Gasteiger partial charge in [0.05, 0.1) is 25.6 Å². The monoisotopic (exact) mass is 542 g/mol. The van der Waals surface area contributed by atoms with Crippen LogP contribution in [-0.2, 0) is 0 Å². The van der Waals surface area contributed by atoms with E-state index in [-0.39, 0.29) is 0 Å². The van der Waals surface area contributed by atoms with Crippen LogP contribution in [0, 0.1) is 13.8 Å². The molecule has 0 saturated carbocycles. The molecule has 8 heteroatoms. The molecular weight excluding hydrogens is 512 g/mol. The number of methoxy groups -OCH3 is 2. The molecule has 0 fully saturated rings. The number of rotatable bonds is 7. The molecule has 4 rings (SSSR count). The Kier molecular flexibility index (Phi) is 8.78. The topological polar surface area (TPSA) is 66.6 Å². The van der Waals surface area contributed by atoms with E-state index in [2.05, 4.69) is 59.4 Å². The molecule has 0 aliphatic heterocycles. The fourth-order valence-electron chi connectivity index (χ4n) is 4.01. The van der Waals surface area contributed by atoms with Crippen LogP contribution in [0.2, 0.25) is 0 Å². The number of thiocarbonyl (C=S) groups is 2. The molecular formula is C30H30N4O2S2. The van der Waals surface area contributed by atoms with Crippen LogP contribution in [-0.4, -0.2) is 24.4 Å². The first-order valence-corrected chi connectivity index (χ1v) is 12.8. The number of anilines is 4. The van der Waals surface area contributed by atoms with Gasteiger partial charge >= 0.3 is 0 Å². The van der Waals surface area contributed by atoms with Crippen LogP contribution in [0.3, 0.4) is 0 Å². The Labute approximate surface area is 234 Å². The highest BCUT2D eigenvalue weighted by Crippen LogP contribution is 2.29. The van der Waals surface area contributed by atoms with Crippen molar-refractivity contribution in [3.05, 3.63) is 96.1 Å². The zero-order chi connectivity index (χ0) is 27.1. The largest absolute Gasteiger partial charge is 0.495 e. The smallest absolute Gasteiger partial charge is 0.175 e. The van der Waals surface area contributed by atoms with Crippen molar-refractivity contribution in [3.63, 3.8) is 0 Å². The minimum absolute atomic E-state index is 0.495. The number of para-hydroxylation sites is 4. The van der Waals surface area contributed by atoms with Gasteiger partial charge in [-0.25, -0.2) is 0 Å². The van der Waals surface area contributed by atoms with E-state index in [0.29, 0.717) is 10.2 Å². The van der Waals surface area contributed by atoms with Crippen LogP contribution >= 0.6 is 24.4 Å². The maximum absolute atomic E-state index is 5.53. The van der Waals surface area contributed by atoms with Crippen LogP contribution in [0.1, 0.15) is 11.1 Å². The number of ether oxygens (including phenoxy) is 2. The Bertz CT molecular complexity index is 1360. The lowest BCUT2D eigenvalue weighted by Crippen LogP contribution is -2.20. The summed E-state index contributed by atoms with van der Waals surface area (Å²) in [5, 5.41) is 14.0. The molecule has 0 atom stereocenters. The lowest BCUT2D eigenvalue weighted by atomic mass is 10.00. The molecule has 194 valence electrons. The van der Waals surface area contributed by atoms with Gasteiger partial charge in [0.2, 0.25) is 0 Å². The van der Waals surface area contributed by atoms with Crippen LogP contribution in [0.15, 0.2) is 84.9 Å². The van der Waals surface area contributed by atoms with Crippen molar-refractivity contribution in [2.24, 2.45) is 0 Å². The minimum Gasteiger partial charge on any atom is -0.495 e. The van der Waals surface area contributed by atoms with E-state index in [1.807, 2.05) is 60.7 Å². The molecule has 0 unspecified atom stereocenters. The first-order valence-electron chi connectivity index (χ1n) is 12.0. The summed E-state index contributed by atoms with van der Waals surface area (Å²) in [7, 11) is 3.27. The van der Waals surface area contributed by atoms with E-state index in [1.165, 1.54) is 0 Å². The summed E-state index contributed by atoms with van der Waals surface area (Å²) in [5.41, 5.74) is 7.87. The van der Waals surface area contributed by atoms with Crippen LogP contribution in [0.5, 0.6) is 11.5 Å². The predicted molar refractivity (Wildman–Crippen MR) is 167 cm³/mol. The third kappa shape index (κ3) is 6.59. The van der Waals surface area contributed by atoms with Gasteiger partial charge in [0, 0.05) is 11.4 Å². The van der Waals surface area contributed by atoms with Crippen molar-refractivity contribution < 1.29 is 9.47 Å². The van der Waals surface area contributed by atoms with Gasteiger partial charge in [-0.15, -0.1) is 0 Å². The summed E-state index contributed by atoms with van der Waals surface area (Å²) in [6.45, 7) is 4.12. The third-order valence-corrected chi connectivity index (χ3v) is 6.40. The predicted octanol–water partition coefficient (Wildman–Crippen LogP) is 7.61. The van der Waals surface area contributed by atoms with E-state index in [0.717, 1.165) is 56.5 Å². The zero-order valence-corrected chi connectivity index (χ0v) is 23.3. The Morgan fingerprint density at radius 3 is 1.26 bits per heavy atom.